The van der Waals surface area contributed by atoms with Gasteiger partial charge in [-0.15, -0.1) is 0 Å². The Balaban J connectivity index is 1.72. The Morgan fingerprint density at radius 3 is 2.10 bits per heavy atom. The number of hydrogen-bond acceptors (Lipinski definition) is 6. The summed E-state index contributed by atoms with van der Waals surface area (Å²) in [6.45, 7) is 2.35. The molecule has 0 atom stereocenters. The monoisotopic (exact) mass is 449 g/mol. The molecule has 1 aromatic carbocycles. The first-order chi connectivity index (χ1) is 13.8. The van der Waals surface area contributed by atoms with Crippen LogP contribution in [0.2, 0.25) is 0 Å². The number of nitrogens with one attached hydrogen (secondary N) is 1. The van der Waals surface area contributed by atoms with E-state index in [9.17, 15) is 31.9 Å². The number of carbonyl (C=O) groups excluding carboxylic acids is 3. The molecule has 2 rings (SSSR count). The van der Waals surface area contributed by atoms with E-state index in [1.807, 2.05) is 0 Å². The third-order valence-corrected chi connectivity index (χ3v) is 6.13. The molecule has 1 heterocycles. The summed E-state index contributed by atoms with van der Waals surface area (Å²) in [6.07, 6.45) is 2.37. The second kappa shape index (κ2) is 10.4. The number of hydrogen-bond donors (Lipinski definition) is 1. The molecule has 0 saturated carbocycles. The lowest BCUT2D eigenvalue weighted by Crippen LogP contribution is -2.31. The summed E-state index contributed by atoms with van der Waals surface area (Å²) in [5.41, 5.74) is -2.10. The fourth-order valence-corrected chi connectivity index (χ4v) is 4.21. The van der Waals surface area contributed by atoms with E-state index < -0.39 is 47.0 Å². The van der Waals surface area contributed by atoms with Crippen molar-refractivity contribution in [2.45, 2.75) is 13.0 Å². The van der Waals surface area contributed by atoms with E-state index >= 15 is 0 Å². The van der Waals surface area contributed by atoms with Crippen LogP contribution in [0.3, 0.4) is 0 Å². The minimum absolute atomic E-state index is 0.0126. The summed E-state index contributed by atoms with van der Waals surface area (Å²) < 4.78 is 54.9. The summed E-state index contributed by atoms with van der Waals surface area (Å²) in [5.74, 6) is -7.16. The van der Waals surface area contributed by atoms with Crippen molar-refractivity contribution in [1.82, 2.24) is 10.2 Å². The lowest BCUT2D eigenvalue weighted by Gasteiger charge is -2.12. The lowest BCUT2D eigenvalue weighted by molar-refractivity contribution is -0.136. The van der Waals surface area contributed by atoms with Gasteiger partial charge in [-0.1, -0.05) is 21.6 Å². The lowest BCUT2D eigenvalue weighted by atomic mass is 10.1. The van der Waals surface area contributed by atoms with Gasteiger partial charge in [0.2, 0.25) is 5.91 Å². The van der Waals surface area contributed by atoms with E-state index in [1.54, 1.807) is 0 Å². The molecule has 0 fully saturated rings. The van der Waals surface area contributed by atoms with E-state index in [0.717, 1.165) is 4.90 Å². The average molecular weight is 449 g/mol. The average Bonchev–Trinajstić information content (AvgIpc) is 3.01. The third kappa shape index (κ3) is 5.60. The van der Waals surface area contributed by atoms with Crippen molar-refractivity contribution in [2.75, 3.05) is 18.1 Å². The molecule has 1 aromatic rings. The van der Waals surface area contributed by atoms with Crippen molar-refractivity contribution in [3.63, 3.8) is 0 Å². The van der Waals surface area contributed by atoms with Crippen LogP contribution in [-0.2, 0) is 20.9 Å². The molecule has 12 heteroatoms. The van der Waals surface area contributed by atoms with Crippen LogP contribution in [0, 0.1) is 23.3 Å². The largest absolute Gasteiger partial charge is 0.352 e. The second-order valence-corrected chi connectivity index (χ2v) is 8.28. The van der Waals surface area contributed by atoms with Gasteiger partial charge in [0.15, 0.2) is 23.3 Å². The highest BCUT2D eigenvalue weighted by Gasteiger charge is 2.25. The fraction of sp³-hybridized carbons (Fsp3) is 0.294. The topological polar surface area (TPSA) is 78.8 Å². The molecule has 0 saturated heterocycles. The highest BCUT2D eigenvalue weighted by Crippen LogP contribution is 2.30. The number of imide groups is 1. The number of halogens is 4. The van der Waals surface area contributed by atoms with Crippen LogP contribution in [0.1, 0.15) is 12.0 Å². The molecule has 156 valence electrons. The predicted octanol–water partition coefficient (Wildman–Crippen LogP) is 2.89. The highest BCUT2D eigenvalue weighted by molar-refractivity contribution is 8.76. The van der Waals surface area contributed by atoms with Crippen LogP contribution in [-0.4, -0.2) is 47.4 Å². The van der Waals surface area contributed by atoms with Crippen LogP contribution < -0.4 is 5.32 Å². The maximum atomic E-state index is 13.8. The molecule has 1 N–H and O–H groups in total. The van der Waals surface area contributed by atoms with E-state index in [1.165, 1.54) is 33.7 Å². The van der Waals surface area contributed by atoms with Crippen LogP contribution in [0.25, 0.3) is 0 Å². The van der Waals surface area contributed by atoms with Crippen molar-refractivity contribution >= 4 is 51.7 Å². The molecule has 1 aliphatic heterocycles. The van der Waals surface area contributed by atoms with Gasteiger partial charge in [0.1, 0.15) is 5.69 Å². The maximum absolute atomic E-state index is 13.8. The Labute approximate surface area is 171 Å². The maximum Gasteiger partial charge on any atom is 0.253 e. The van der Waals surface area contributed by atoms with Crippen molar-refractivity contribution in [3.8, 4) is 0 Å². The van der Waals surface area contributed by atoms with Gasteiger partial charge in [0.05, 0.1) is 0 Å². The second-order valence-electron chi connectivity index (χ2n) is 5.57. The molecule has 0 aliphatic carbocycles. The summed E-state index contributed by atoms with van der Waals surface area (Å²) in [4.78, 5) is 38.5. The minimum Gasteiger partial charge on any atom is -0.352 e. The number of nitrogens with zero attached hydrogens (tertiary/aromatic N) is 2. The zero-order valence-electron chi connectivity index (χ0n) is 14.8. The minimum atomic E-state index is -1.68. The normalized spacial score (nSPS) is 13.3. The number of rotatable bonds is 10. The van der Waals surface area contributed by atoms with Gasteiger partial charge in [0.25, 0.3) is 11.8 Å². The van der Waals surface area contributed by atoms with E-state index in [4.69, 9.17) is 0 Å². The zero-order valence-corrected chi connectivity index (χ0v) is 16.5. The summed E-state index contributed by atoms with van der Waals surface area (Å²) >= 11 is 0. The van der Waals surface area contributed by atoms with Gasteiger partial charge in [-0.3, -0.25) is 24.3 Å². The van der Waals surface area contributed by atoms with Crippen molar-refractivity contribution in [1.29, 1.82) is 0 Å². The molecule has 0 spiro atoms. The van der Waals surface area contributed by atoms with E-state index in [-0.39, 0.29) is 24.8 Å². The SMILES string of the molecule is C=Nc1c(F)c(F)c(CNC(=O)CCSSCCN2C(=O)C=CC2=O)c(F)c1F. The van der Waals surface area contributed by atoms with Crippen molar-refractivity contribution in [2.24, 2.45) is 4.99 Å². The Hall–Kier alpha value is -2.34. The molecule has 29 heavy (non-hydrogen) atoms. The fourth-order valence-electron chi connectivity index (χ4n) is 2.27. The Kier molecular flexibility index (Phi) is 8.26. The molecular formula is C17H15F4N3O3S2. The molecule has 3 amide bonds. The van der Waals surface area contributed by atoms with Crippen LogP contribution in [0.5, 0.6) is 0 Å². The summed E-state index contributed by atoms with van der Waals surface area (Å²) in [5, 5.41) is 2.19. The smallest absolute Gasteiger partial charge is 0.253 e. The van der Waals surface area contributed by atoms with E-state index in [0.29, 0.717) is 11.5 Å². The Bertz CT molecular complexity index is 833. The molecule has 6 nitrogen and oxygen atoms in total. The van der Waals surface area contributed by atoms with Gasteiger partial charge < -0.3 is 5.32 Å². The third-order valence-electron chi connectivity index (χ3n) is 3.75. The zero-order chi connectivity index (χ0) is 21.6. The molecule has 0 bridgehead atoms. The first-order valence-electron chi connectivity index (χ1n) is 8.14. The van der Waals surface area contributed by atoms with Gasteiger partial charge in [0, 0.05) is 48.7 Å². The highest BCUT2D eigenvalue weighted by atomic mass is 33.1. The van der Waals surface area contributed by atoms with Crippen molar-refractivity contribution in [3.05, 3.63) is 41.0 Å². The van der Waals surface area contributed by atoms with Gasteiger partial charge in [-0.2, -0.15) is 0 Å². The summed E-state index contributed by atoms with van der Waals surface area (Å²) in [6, 6.07) is 0. The molecule has 0 radical (unpaired) electrons. The van der Waals surface area contributed by atoms with Crippen molar-refractivity contribution < 1.29 is 31.9 Å². The first kappa shape index (κ1) is 22.9. The van der Waals surface area contributed by atoms with Gasteiger partial charge in [-0.25, -0.2) is 17.6 Å². The number of aliphatic imine (C=N–C) groups is 1. The molecule has 1 aliphatic rings. The first-order valence-corrected chi connectivity index (χ1v) is 10.6. The van der Waals surface area contributed by atoms with Crippen LogP contribution >= 0.6 is 21.6 Å². The van der Waals surface area contributed by atoms with Crippen LogP contribution in [0.15, 0.2) is 17.1 Å². The van der Waals surface area contributed by atoms with E-state index in [2.05, 4.69) is 17.0 Å². The molecule has 0 aromatic heterocycles. The number of benzene rings is 1. The molecule has 0 unspecified atom stereocenters. The Morgan fingerprint density at radius 1 is 1.00 bits per heavy atom. The predicted molar refractivity (Wildman–Crippen MR) is 103 cm³/mol. The quantitative estimate of drug-likeness (QED) is 0.148. The number of amides is 3. The standard InChI is InChI=1S/C17H15F4N3O3S2/c1-22-17-15(20)13(18)9(14(19)16(17)21)8-23-10(25)4-6-28-29-7-5-24-11(26)2-3-12(24)27/h2-3H,1,4-8H2,(H,23,25). The van der Waals surface area contributed by atoms with Gasteiger partial charge >= 0.3 is 0 Å². The summed E-state index contributed by atoms with van der Waals surface area (Å²) in [7, 11) is 2.64. The number of carbonyl (C=O) groups is 3. The van der Waals surface area contributed by atoms with Gasteiger partial charge in [-0.05, 0) is 6.72 Å². The van der Waals surface area contributed by atoms with Crippen LogP contribution in [0.4, 0.5) is 23.2 Å². The Morgan fingerprint density at radius 2 is 1.55 bits per heavy atom. The molecular weight excluding hydrogens is 434 g/mol.